The van der Waals surface area contributed by atoms with Crippen molar-refractivity contribution in [3.8, 4) is 11.6 Å². The molecule has 0 bridgehead atoms. The van der Waals surface area contributed by atoms with Crippen LogP contribution in [0.25, 0.3) is 5.69 Å². The van der Waals surface area contributed by atoms with Crippen LogP contribution < -0.4 is 20.2 Å². The van der Waals surface area contributed by atoms with E-state index in [1.807, 2.05) is 6.07 Å². The minimum Gasteiger partial charge on any atom is -0.539 e. The molecule has 12 nitrogen and oxygen atoms in total. The molecule has 2 aromatic carbocycles. The van der Waals surface area contributed by atoms with Crippen molar-refractivity contribution in [3.05, 3.63) is 60.3 Å². The monoisotopic (exact) mass is 487 g/mol. The Kier molecular flexibility index (Phi) is 6.58. The molecule has 2 heterocycles. The van der Waals surface area contributed by atoms with Crippen LogP contribution in [0.3, 0.4) is 0 Å². The van der Waals surface area contributed by atoms with Gasteiger partial charge in [-0.25, -0.2) is 13.6 Å². The van der Waals surface area contributed by atoms with Gasteiger partial charge < -0.3 is 24.6 Å². The summed E-state index contributed by atoms with van der Waals surface area (Å²) in [6, 6.07) is 14.2. The number of nitrogens with one attached hydrogen (secondary N) is 1. The highest BCUT2D eigenvalue weighted by atomic mass is 32.2. The third kappa shape index (κ3) is 5.22. The molecule has 0 radical (unpaired) electrons. The van der Waals surface area contributed by atoms with Crippen LogP contribution in [0.4, 0.5) is 5.69 Å². The Balaban J connectivity index is 1.41. The van der Waals surface area contributed by atoms with Gasteiger partial charge in [0, 0.05) is 24.4 Å². The summed E-state index contributed by atoms with van der Waals surface area (Å²) < 4.78 is 34.3. The number of benzene rings is 2. The van der Waals surface area contributed by atoms with Gasteiger partial charge in [-0.15, -0.1) is 0 Å². The Morgan fingerprint density at radius 1 is 1.21 bits per heavy atom. The van der Waals surface area contributed by atoms with Gasteiger partial charge in [0.05, 0.1) is 23.2 Å². The molecule has 1 atom stereocenters. The summed E-state index contributed by atoms with van der Waals surface area (Å²) in [6.07, 6.45) is -1.31. The zero-order valence-electron chi connectivity index (χ0n) is 17.8. The Labute approximate surface area is 194 Å². The molecule has 1 aromatic heterocycles. The van der Waals surface area contributed by atoms with Crippen LogP contribution in [-0.4, -0.2) is 49.7 Å². The lowest BCUT2D eigenvalue weighted by atomic mass is 10.1. The normalized spacial score (nSPS) is 16.4. The summed E-state index contributed by atoms with van der Waals surface area (Å²) in [6.45, 7) is 0.343. The fraction of sp³-hybridized carbons (Fsp3) is 0.238. The number of carbonyl (C=O) groups is 2. The first-order valence-corrected chi connectivity index (χ1v) is 11.7. The number of anilines is 1. The van der Waals surface area contributed by atoms with E-state index in [4.69, 9.17) is 14.4 Å². The van der Waals surface area contributed by atoms with Gasteiger partial charge in [-0.1, -0.05) is 18.2 Å². The van der Waals surface area contributed by atoms with Crippen LogP contribution in [-0.2, 0) is 30.9 Å². The smallest absolute Gasteiger partial charge is 0.259 e. The zero-order chi connectivity index (χ0) is 24.3. The fourth-order valence-electron chi connectivity index (χ4n) is 3.45. The van der Waals surface area contributed by atoms with Crippen molar-refractivity contribution in [1.82, 2.24) is 10.2 Å². The van der Waals surface area contributed by atoms with Crippen LogP contribution in [0.15, 0.2) is 64.0 Å². The van der Waals surface area contributed by atoms with Crippen LogP contribution in [0.1, 0.15) is 12.1 Å². The van der Waals surface area contributed by atoms with E-state index in [1.54, 1.807) is 24.3 Å². The lowest BCUT2D eigenvalue weighted by molar-refractivity contribution is -0.678. The molecular weight excluding hydrogens is 466 g/mol. The molecule has 0 aliphatic carbocycles. The number of hydrogen-bond acceptors (Lipinski definition) is 8. The fourth-order valence-corrected chi connectivity index (χ4v) is 3.97. The maximum absolute atomic E-state index is 12.9. The molecule has 1 unspecified atom stereocenters. The Morgan fingerprint density at radius 2 is 1.91 bits per heavy atom. The second-order valence-electron chi connectivity index (χ2n) is 7.50. The molecule has 13 heteroatoms. The summed E-state index contributed by atoms with van der Waals surface area (Å²) in [5, 5.41) is 23.6. The number of carbonyl (C=O) groups excluding carboxylic acids is 2. The number of aromatic nitrogens is 2. The van der Waals surface area contributed by atoms with E-state index in [1.165, 1.54) is 33.8 Å². The molecule has 1 aliphatic rings. The maximum atomic E-state index is 12.9. The van der Waals surface area contributed by atoms with Gasteiger partial charge >= 0.3 is 0 Å². The van der Waals surface area contributed by atoms with Crippen molar-refractivity contribution in [3.63, 3.8) is 0 Å². The molecule has 3 aromatic rings. The lowest BCUT2D eigenvalue weighted by Gasteiger charge is -2.31. The molecule has 1 fully saturated rings. The summed E-state index contributed by atoms with van der Waals surface area (Å²) >= 11 is 0. The highest BCUT2D eigenvalue weighted by molar-refractivity contribution is 7.89. The number of rotatable bonds is 7. The first kappa shape index (κ1) is 23.4. The van der Waals surface area contributed by atoms with Crippen LogP contribution >= 0.6 is 0 Å². The SMILES string of the molecule is NS(=O)(=O)c1ccc(NC(=O)CC2OCCN(Cc3c([O-])on[n+]3-c3ccccc3)C2=O)cc1. The van der Waals surface area contributed by atoms with E-state index in [0.29, 0.717) is 11.4 Å². The van der Waals surface area contributed by atoms with Gasteiger partial charge in [0.2, 0.25) is 21.6 Å². The number of amides is 2. The second kappa shape index (κ2) is 9.59. The highest BCUT2D eigenvalue weighted by Gasteiger charge is 2.34. The number of nitrogens with two attached hydrogens (primary N) is 1. The first-order chi connectivity index (χ1) is 16.2. The number of sulfonamides is 1. The van der Waals surface area contributed by atoms with E-state index < -0.39 is 33.9 Å². The molecule has 2 amide bonds. The maximum Gasteiger partial charge on any atom is 0.259 e. The number of ether oxygens (including phenoxy) is 1. The highest BCUT2D eigenvalue weighted by Crippen LogP contribution is 2.19. The third-order valence-corrected chi connectivity index (χ3v) is 6.07. The zero-order valence-corrected chi connectivity index (χ0v) is 18.6. The van der Waals surface area contributed by atoms with E-state index >= 15 is 0 Å². The van der Waals surface area contributed by atoms with Gasteiger partial charge in [0.1, 0.15) is 12.6 Å². The average molecular weight is 487 g/mol. The molecule has 1 saturated heterocycles. The first-order valence-electron chi connectivity index (χ1n) is 10.2. The predicted molar refractivity (Wildman–Crippen MR) is 114 cm³/mol. The average Bonchev–Trinajstić information content (AvgIpc) is 3.17. The van der Waals surface area contributed by atoms with Crippen molar-refractivity contribution >= 4 is 27.5 Å². The molecular formula is C21H21N5O7S. The van der Waals surface area contributed by atoms with Crippen LogP contribution in [0, 0.1) is 0 Å². The Bertz CT molecular complexity index is 1290. The molecule has 0 spiro atoms. The molecule has 1 aliphatic heterocycles. The van der Waals surface area contributed by atoms with E-state index in [-0.39, 0.29) is 36.7 Å². The van der Waals surface area contributed by atoms with E-state index in [0.717, 1.165) is 0 Å². The third-order valence-electron chi connectivity index (χ3n) is 5.14. The predicted octanol–water partition coefficient (Wildman–Crippen LogP) is -0.571. The van der Waals surface area contributed by atoms with E-state index in [9.17, 15) is 23.1 Å². The summed E-state index contributed by atoms with van der Waals surface area (Å²) in [7, 11) is -3.85. The molecule has 3 N–H and O–H groups in total. The summed E-state index contributed by atoms with van der Waals surface area (Å²) in [4.78, 5) is 26.7. The van der Waals surface area contributed by atoms with Gasteiger partial charge in [-0.2, -0.15) is 0 Å². The lowest BCUT2D eigenvalue weighted by Crippen LogP contribution is -2.50. The Morgan fingerprint density at radius 3 is 2.59 bits per heavy atom. The molecule has 0 saturated carbocycles. The van der Waals surface area contributed by atoms with Crippen molar-refractivity contribution in [2.24, 2.45) is 5.14 Å². The van der Waals surface area contributed by atoms with Gasteiger partial charge in [-0.05, 0) is 28.9 Å². The second-order valence-corrected chi connectivity index (χ2v) is 9.06. The number of para-hydroxylation sites is 1. The van der Waals surface area contributed by atoms with Crippen LogP contribution in [0.2, 0.25) is 0 Å². The van der Waals surface area contributed by atoms with Gasteiger partial charge in [0.15, 0.2) is 5.95 Å². The van der Waals surface area contributed by atoms with Gasteiger partial charge in [-0.3, -0.25) is 9.59 Å². The molecule has 178 valence electrons. The number of primary sulfonamides is 1. The van der Waals surface area contributed by atoms with E-state index in [2.05, 4.69) is 10.6 Å². The standard InChI is InChI=1S/C21H21N5O7S/c22-34(30,31)16-8-6-14(7-9-16)23-19(27)12-18-20(28)25(10-11-32-18)13-17-21(29)33-24-26(17)15-4-2-1-3-5-15/h1-9,18H,10-13H2,(H3-,22,23,24,27,29,30,31). The van der Waals surface area contributed by atoms with Crippen molar-refractivity contribution in [1.29, 1.82) is 0 Å². The van der Waals surface area contributed by atoms with Crippen molar-refractivity contribution in [2.45, 2.75) is 24.0 Å². The molecule has 34 heavy (non-hydrogen) atoms. The summed E-state index contributed by atoms with van der Waals surface area (Å²) in [5.74, 6) is -1.62. The number of hydrogen-bond donors (Lipinski definition) is 2. The topological polar surface area (TPSA) is 172 Å². The number of nitrogens with zero attached hydrogens (tertiary/aromatic N) is 3. The van der Waals surface area contributed by atoms with Gasteiger partial charge in [0.25, 0.3) is 11.6 Å². The minimum absolute atomic E-state index is 0.0629. The van der Waals surface area contributed by atoms with Crippen molar-refractivity contribution < 1.29 is 37.1 Å². The molecule has 4 rings (SSSR count). The number of morpholine rings is 1. The van der Waals surface area contributed by atoms with Crippen molar-refractivity contribution in [2.75, 3.05) is 18.5 Å². The Hall–Kier alpha value is -3.81. The largest absolute Gasteiger partial charge is 0.539 e. The quantitative estimate of drug-likeness (QED) is 0.417. The minimum atomic E-state index is -3.85. The summed E-state index contributed by atoms with van der Waals surface area (Å²) in [5.41, 5.74) is 1.11. The van der Waals surface area contributed by atoms with Crippen LogP contribution in [0.5, 0.6) is 5.95 Å².